The monoisotopic (exact) mass is 328 g/mol. The van der Waals surface area contributed by atoms with Crippen molar-refractivity contribution in [1.82, 2.24) is 18.7 Å². The fraction of sp³-hybridized carbons (Fsp3) is 0.583. The summed E-state index contributed by atoms with van der Waals surface area (Å²) in [5.74, 6) is 0. The van der Waals surface area contributed by atoms with Gasteiger partial charge in [-0.05, 0) is 12.8 Å². The van der Waals surface area contributed by atoms with Crippen LogP contribution in [0.25, 0.3) is 11.2 Å². The van der Waals surface area contributed by atoms with Crippen molar-refractivity contribution < 1.29 is 0 Å². The summed E-state index contributed by atoms with van der Waals surface area (Å²) in [5, 5.41) is 0.863. The number of hydrogen-bond donors (Lipinski definition) is 0. The number of alkyl halides is 1. The predicted octanol–water partition coefficient (Wildman–Crippen LogP) is 1.09. The molecule has 2 heterocycles. The Morgan fingerprint density at radius 3 is 2.68 bits per heavy atom. The average molecular weight is 329 g/mol. The summed E-state index contributed by atoms with van der Waals surface area (Å²) >= 11 is 3.37. The van der Waals surface area contributed by atoms with Crippen LogP contribution in [0, 0.1) is 0 Å². The second-order valence-corrected chi connectivity index (χ2v) is 5.24. The number of imidazole rings is 1. The molecule has 0 aliphatic heterocycles. The summed E-state index contributed by atoms with van der Waals surface area (Å²) < 4.78 is 4.55. The summed E-state index contributed by atoms with van der Waals surface area (Å²) in [7, 11) is 1.65. The summed E-state index contributed by atoms with van der Waals surface area (Å²) in [6, 6.07) is 0. The van der Waals surface area contributed by atoms with E-state index >= 15 is 0 Å². The number of aryl methyl sites for hydroxylation is 2. The van der Waals surface area contributed by atoms with Crippen molar-refractivity contribution in [3.8, 4) is 0 Å². The molecule has 7 heteroatoms. The minimum Gasteiger partial charge on any atom is -0.325 e. The van der Waals surface area contributed by atoms with Gasteiger partial charge >= 0.3 is 5.69 Å². The first kappa shape index (κ1) is 14.0. The van der Waals surface area contributed by atoms with E-state index in [1.54, 1.807) is 13.4 Å². The molecule has 0 atom stereocenters. The molecule has 0 fully saturated rings. The molecule has 0 spiro atoms. The van der Waals surface area contributed by atoms with Crippen LogP contribution in [0.4, 0.5) is 0 Å². The molecular weight excluding hydrogens is 312 g/mol. The Bertz CT molecular complexity index is 698. The average Bonchev–Trinajstić information content (AvgIpc) is 2.83. The minimum atomic E-state index is -0.301. The Labute approximate surface area is 118 Å². The van der Waals surface area contributed by atoms with Gasteiger partial charge < -0.3 is 4.57 Å². The number of hydrogen-bond acceptors (Lipinski definition) is 3. The van der Waals surface area contributed by atoms with Crippen molar-refractivity contribution in [2.24, 2.45) is 7.05 Å². The largest absolute Gasteiger partial charge is 0.332 e. The van der Waals surface area contributed by atoms with Gasteiger partial charge in [-0.25, -0.2) is 9.78 Å². The van der Waals surface area contributed by atoms with Crippen molar-refractivity contribution in [1.29, 1.82) is 0 Å². The molecule has 2 aromatic heterocycles. The van der Waals surface area contributed by atoms with E-state index in [0.717, 1.165) is 18.2 Å². The lowest BCUT2D eigenvalue weighted by molar-refractivity contribution is 0.588. The zero-order chi connectivity index (χ0) is 14.0. The lowest BCUT2D eigenvalue weighted by atomic mass is 10.4. The highest BCUT2D eigenvalue weighted by molar-refractivity contribution is 9.09. The number of nitrogens with zero attached hydrogens (tertiary/aromatic N) is 4. The van der Waals surface area contributed by atoms with E-state index in [1.165, 1.54) is 9.13 Å². The van der Waals surface area contributed by atoms with Gasteiger partial charge in [-0.1, -0.05) is 22.9 Å². The standard InChI is InChI=1S/C12H17BrN4O2/c1-3-6-17-11(18)9-10(15(2)12(17)19)14-8-16(9)7-4-5-13/h8H,3-7H2,1-2H3. The normalized spacial score (nSPS) is 11.3. The van der Waals surface area contributed by atoms with Gasteiger partial charge in [-0.2, -0.15) is 0 Å². The fourth-order valence-electron chi connectivity index (χ4n) is 2.14. The van der Waals surface area contributed by atoms with Gasteiger partial charge in [0.15, 0.2) is 11.2 Å². The smallest absolute Gasteiger partial charge is 0.325 e. The van der Waals surface area contributed by atoms with Crippen LogP contribution in [0.2, 0.25) is 0 Å². The maximum atomic E-state index is 12.4. The van der Waals surface area contributed by atoms with E-state index in [4.69, 9.17) is 0 Å². The first-order valence-corrected chi connectivity index (χ1v) is 7.44. The number of rotatable bonds is 5. The summed E-state index contributed by atoms with van der Waals surface area (Å²) in [5.41, 5.74) is 0.422. The molecule has 0 radical (unpaired) electrons. The third-order valence-electron chi connectivity index (χ3n) is 3.08. The third-order valence-corrected chi connectivity index (χ3v) is 3.64. The summed E-state index contributed by atoms with van der Waals surface area (Å²) in [6.07, 6.45) is 3.28. The van der Waals surface area contributed by atoms with E-state index in [2.05, 4.69) is 20.9 Å². The van der Waals surface area contributed by atoms with Crippen molar-refractivity contribution in [2.75, 3.05) is 5.33 Å². The first-order chi connectivity index (χ1) is 9.11. The minimum absolute atomic E-state index is 0.243. The van der Waals surface area contributed by atoms with Gasteiger partial charge in [0.1, 0.15) is 0 Å². The maximum absolute atomic E-state index is 12.4. The van der Waals surface area contributed by atoms with E-state index < -0.39 is 0 Å². The lowest BCUT2D eigenvalue weighted by Gasteiger charge is -2.08. The van der Waals surface area contributed by atoms with Gasteiger partial charge in [-0.15, -0.1) is 0 Å². The zero-order valence-corrected chi connectivity index (χ0v) is 12.7. The number of fused-ring (bicyclic) bond motifs is 1. The molecular formula is C12H17BrN4O2. The van der Waals surface area contributed by atoms with E-state index in [9.17, 15) is 9.59 Å². The molecule has 2 rings (SSSR count). The highest BCUT2D eigenvalue weighted by atomic mass is 79.9. The molecule has 0 aliphatic carbocycles. The maximum Gasteiger partial charge on any atom is 0.332 e. The molecule has 0 aromatic carbocycles. The van der Waals surface area contributed by atoms with Crippen LogP contribution in [0.5, 0.6) is 0 Å². The van der Waals surface area contributed by atoms with Crippen LogP contribution >= 0.6 is 15.9 Å². The van der Waals surface area contributed by atoms with Crippen molar-refractivity contribution in [2.45, 2.75) is 32.9 Å². The third kappa shape index (κ3) is 2.39. The van der Waals surface area contributed by atoms with Gasteiger partial charge in [0.2, 0.25) is 0 Å². The van der Waals surface area contributed by atoms with E-state index in [0.29, 0.717) is 24.3 Å². The van der Waals surface area contributed by atoms with Crippen molar-refractivity contribution >= 4 is 27.1 Å². The Balaban J connectivity index is 2.72. The van der Waals surface area contributed by atoms with Gasteiger partial charge in [0.05, 0.1) is 6.33 Å². The van der Waals surface area contributed by atoms with E-state index in [-0.39, 0.29) is 11.2 Å². The topological polar surface area (TPSA) is 61.8 Å². The first-order valence-electron chi connectivity index (χ1n) is 6.32. The Kier molecular flexibility index (Phi) is 4.24. The Morgan fingerprint density at radius 2 is 2.05 bits per heavy atom. The Morgan fingerprint density at radius 1 is 1.32 bits per heavy atom. The molecule has 0 unspecified atom stereocenters. The van der Waals surface area contributed by atoms with Gasteiger partial charge in [0.25, 0.3) is 5.56 Å². The second-order valence-electron chi connectivity index (χ2n) is 4.45. The van der Waals surface area contributed by atoms with Crippen LogP contribution in [0.3, 0.4) is 0 Å². The quantitative estimate of drug-likeness (QED) is 0.772. The molecule has 2 aromatic rings. The van der Waals surface area contributed by atoms with Crippen LogP contribution in [0.15, 0.2) is 15.9 Å². The lowest BCUT2D eigenvalue weighted by Crippen LogP contribution is -2.39. The van der Waals surface area contributed by atoms with Crippen molar-refractivity contribution in [3.05, 3.63) is 27.2 Å². The summed E-state index contributed by atoms with van der Waals surface area (Å²) in [4.78, 5) is 28.7. The molecule has 0 saturated carbocycles. The van der Waals surface area contributed by atoms with Crippen LogP contribution < -0.4 is 11.2 Å². The fourth-order valence-corrected chi connectivity index (χ4v) is 2.39. The highest BCUT2D eigenvalue weighted by Gasteiger charge is 2.15. The SMILES string of the molecule is CCCn1c(=O)c2c(ncn2CCCBr)n(C)c1=O. The predicted molar refractivity (Wildman–Crippen MR) is 77.9 cm³/mol. The van der Waals surface area contributed by atoms with Gasteiger partial charge in [0, 0.05) is 25.5 Å². The molecule has 0 bridgehead atoms. The van der Waals surface area contributed by atoms with Crippen LogP contribution in [-0.4, -0.2) is 24.0 Å². The molecule has 0 saturated heterocycles. The zero-order valence-electron chi connectivity index (χ0n) is 11.1. The summed E-state index contributed by atoms with van der Waals surface area (Å²) in [6.45, 7) is 3.09. The highest BCUT2D eigenvalue weighted by Crippen LogP contribution is 2.07. The van der Waals surface area contributed by atoms with E-state index in [1.807, 2.05) is 11.5 Å². The van der Waals surface area contributed by atoms with Crippen LogP contribution in [0.1, 0.15) is 19.8 Å². The van der Waals surface area contributed by atoms with Gasteiger partial charge in [-0.3, -0.25) is 13.9 Å². The molecule has 104 valence electrons. The van der Waals surface area contributed by atoms with Crippen LogP contribution in [-0.2, 0) is 20.1 Å². The molecule has 19 heavy (non-hydrogen) atoms. The number of halogens is 1. The second kappa shape index (κ2) is 5.73. The molecule has 6 nitrogen and oxygen atoms in total. The molecule has 0 aliphatic rings. The molecule has 0 amide bonds. The molecule has 0 N–H and O–H groups in total. The van der Waals surface area contributed by atoms with Crippen molar-refractivity contribution in [3.63, 3.8) is 0 Å². The Hall–Kier alpha value is -1.37. The number of aromatic nitrogens is 4.